The molecule has 0 saturated carbocycles. The molecule has 0 aliphatic rings. The summed E-state index contributed by atoms with van der Waals surface area (Å²) in [4.78, 5) is 3.92. The highest BCUT2D eigenvalue weighted by atomic mass is 35.5. The van der Waals surface area contributed by atoms with Gasteiger partial charge in [-0.2, -0.15) is 4.72 Å². The van der Waals surface area contributed by atoms with Crippen molar-refractivity contribution in [3.05, 3.63) is 82.9 Å². The van der Waals surface area contributed by atoms with Crippen LogP contribution in [0.25, 0.3) is 0 Å². The van der Waals surface area contributed by atoms with Gasteiger partial charge in [0.1, 0.15) is 28.4 Å². The van der Waals surface area contributed by atoms with Crippen LogP contribution in [0.2, 0.25) is 5.02 Å². The van der Waals surface area contributed by atoms with E-state index in [9.17, 15) is 17.2 Å². The summed E-state index contributed by atoms with van der Waals surface area (Å²) in [6.07, 6.45) is 3.18. The summed E-state index contributed by atoms with van der Waals surface area (Å²) in [6, 6.07) is 7.50. The Bertz CT molecular complexity index is 1040. The maximum absolute atomic E-state index is 13.3. The van der Waals surface area contributed by atoms with Gasteiger partial charge < -0.3 is 4.57 Å². The molecule has 2 aromatic carbocycles. The summed E-state index contributed by atoms with van der Waals surface area (Å²) < 4.78 is 56.2. The van der Waals surface area contributed by atoms with Gasteiger partial charge in [-0.05, 0) is 35.9 Å². The van der Waals surface area contributed by atoms with Crippen molar-refractivity contribution >= 4 is 21.6 Å². The molecule has 0 saturated heterocycles. The second-order valence-electron chi connectivity index (χ2n) is 5.58. The third-order valence-electron chi connectivity index (χ3n) is 3.78. The maximum Gasteiger partial charge on any atom is 0.243 e. The molecule has 0 unspecified atom stereocenters. The number of nitrogens with one attached hydrogen (secondary N) is 1. The van der Waals surface area contributed by atoms with Crippen LogP contribution in [0.1, 0.15) is 17.4 Å². The molecule has 0 radical (unpaired) electrons. The predicted molar refractivity (Wildman–Crippen MR) is 93.2 cm³/mol. The lowest BCUT2D eigenvalue weighted by molar-refractivity contribution is 0.561. The predicted octanol–water partition coefficient (Wildman–Crippen LogP) is 3.42. The van der Waals surface area contributed by atoms with E-state index in [0.717, 1.165) is 18.2 Å². The van der Waals surface area contributed by atoms with E-state index in [-0.39, 0.29) is 9.92 Å². The summed E-state index contributed by atoms with van der Waals surface area (Å²) >= 11 is 5.89. The molecule has 0 aliphatic heterocycles. The van der Waals surface area contributed by atoms with Crippen molar-refractivity contribution in [2.24, 2.45) is 7.05 Å². The number of imidazole rings is 1. The van der Waals surface area contributed by atoms with Gasteiger partial charge in [0.2, 0.25) is 10.0 Å². The third kappa shape index (κ3) is 3.77. The molecule has 1 heterocycles. The smallest absolute Gasteiger partial charge is 0.243 e. The molecular weight excluding hydrogens is 384 g/mol. The Morgan fingerprint density at radius 3 is 2.35 bits per heavy atom. The van der Waals surface area contributed by atoms with Crippen molar-refractivity contribution in [2.75, 3.05) is 0 Å². The lowest BCUT2D eigenvalue weighted by atomic mass is 10.1. The number of rotatable bonds is 5. The lowest BCUT2D eigenvalue weighted by Gasteiger charge is -2.19. The van der Waals surface area contributed by atoms with E-state index in [1.54, 1.807) is 17.8 Å². The van der Waals surface area contributed by atoms with Crippen molar-refractivity contribution in [1.82, 2.24) is 14.3 Å². The molecule has 0 amide bonds. The first-order valence-electron chi connectivity index (χ1n) is 7.48. The quantitative estimate of drug-likeness (QED) is 0.717. The second-order valence-corrected chi connectivity index (χ2v) is 7.67. The van der Waals surface area contributed by atoms with Crippen LogP contribution in [0, 0.1) is 11.6 Å². The van der Waals surface area contributed by atoms with Crippen molar-refractivity contribution in [1.29, 1.82) is 0 Å². The lowest BCUT2D eigenvalue weighted by Crippen LogP contribution is -2.31. The summed E-state index contributed by atoms with van der Waals surface area (Å²) in [7, 11) is -2.40. The van der Waals surface area contributed by atoms with E-state index in [2.05, 4.69) is 9.71 Å². The number of aromatic nitrogens is 2. The molecule has 3 aromatic rings. The monoisotopic (exact) mass is 397 g/mol. The van der Waals surface area contributed by atoms with Crippen molar-refractivity contribution in [3.63, 3.8) is 0 Å². The zero-order valence-electron chi connectivity index (χ0n) is 13.5. The molecule has 3 rings (SSSR count). The Morgan fingerprint density at radius 1 is 1.12 bits per heavy atom. The van der Waals surface area contributed by atoms with Crippen LogP contribution in [0.5, 0.6) is 0 Å². The standard InChI is InChI=1S/C17H14ClF2N3O2S/c1-23-9-8-21-17(23)16(11-2-4-12(19)5-3-11)22-26(24,25)15-7-6-13(20)10-14(15)18/h2-10,16,22H,1H3/t16-/m1/s1. The molecule has 0 bridgehead atoms. The highest BCUT2D eigenvalue weighted by Gasteiger charge is 2.27. The third-order valence-corrected chi connectivity index (χ3v) is 5.68. The molecular formula is C17H14ClF2N3O2S. The minimum absolute atomic E-state index is 0.241. The van der Waals surface area contributed by atoms with Crippen LogP contribution < -0.4 is 4.72 Å². The molecule has 1 atom stereocenters. The van der Waals surface area contributed by atoms with Gasteiger partial charge in [-0.3, -0.25) is 0 Å². The highest BCUT2D eigenvalue weighted by molar-refractivity contribution is 7.89. The summed E-state index contributed by atoms with van der Waals surface area (Å²) in [6.45, 7) is 0. The summed E-state index contributed by atoms with van der Waals surface area (Å²) in [5.41, 5.74) is 0.488. The van der Waals surface area contributed by atoms with Crippen LogP contribution in [0.4, 0.5) is 8.78 Å². The molecule has 1 aromatic heterocycles. The first kappa shape index (κ1) is 18.5. The SMILES string of the molecule is Cn1ccnc1[C@H](NS(=O)(=O)c1ccc(F)cc1Cl)c1ccc(F)cc1. The van der Waals surface area contributed by atoms with Gasteiger partial charge >= 0.3 is 0 Å². The first-order chi connectivity index (χ1) is 12.3. The van der Waals surface area contributed by atoms with E-state index >= 15 is 0 Å². The zero-order valence-corrected chi connectivity index (χ0v) is 15.1. The van der Waals surface area contributed by atoms with Gasteiger partial charge in [0, 0.05) is 19.4 Å². The number of sulfonamides is 1. The maximum atomic E-state index is 13.3. The highest BCUT2D eigenvalue weighted by Crippen LogP contribution is 2.27. The average molecular weight is 398 g/mol. The van der Waals surface area contributed by atoms with Crippen LogP contribution >= 0.6 is 11.6 Å². The molecule has 26 heavy (non-hydrogen) atoms. The molecule has 136 valence electrons. The Hall–Kier alpha value is -2.29. The van der Waals surface area contributed by atoms with E-state index < -0.39 is 27.7 Å². The Labute approximate surface area is 154 Å². The van der Waals surface area contributed by atoms with E-state index in [1.165, 1.54) is 30.5 Å². The Kier molecular flexibility index (Phi) is 5.08. The first-order valence-corrected chi connectivity index (χ1v) is 9.34. The second kappa shape index (κ2) is 7.14. The van der Waals surface area contributed by atoms with Gasteiger partial charge in [0.05, 0.1) is 5.02 Å². The molecule has 1 N–H and O–H groups in total. The largest absolute Gasteiger partial charge is 0.336 e. The van der Waals surface area contributed by atoms with Gasteiger partial charge in [-0.15, -0.1) is 0 Å². The van der Waals surface area contributed by atoms with Crippen molar-refractivity contribution in [2.45, 2.75) is 10.9 Å². The number of aryl methyl sites for hydroxylation is 1. The van der Waals surface area contributed by atoms with Gasteiger partial charge in [-0.1, -0.05) is 23.7 Å². The Morgan fingerprint density at radius 2 is 1.77 bits per heavy atom. The molecule has 0 spiro atoms. The average Bonchev–Trinajstić information content (AvgIpc) is 2.99. The van der Waals surface area contributed by atoms with E-state index in [0.29, 0.717) is 11.4 Å². The van der Waals surface area contributed by atoms with Crippen LogP contribution in [0.3, 0.4) is 0 Å². The Balaban J connectivity index is 2.05. The zero-order chi connectivity index (χ0) is 18.9. The number of hydrogen-bond acceptors (Lipinski definition) is 3. The normalized spacial score (nSPS) is 12.9. The van der Waals surface area contributed by atoms with Crippen molar-refractivity contribution in [3.8, 4) is 0 Å². The van der Waals surface area contributed by atoms with Crippen molar-refractivity contribution < 1.29 is 17.2 Å². The van der Waals surface area contributed by atoms with E-state index in [1.807, 2.05) is 0 Å². The number of benzene rings is 2. The molecule has 9 heteroatoms. The van der Waals surface area contributed by atoms with Crippen LogP contribution in [0.15, 0.2) is 59.8 Å². The molecule has 5 nitrogen and oxygen atoms in total. The fourth-order valence-electron chi connectivity index (χ4n) is 2.49. The number of hydrogen-bond donors (Lipinski definition) is 1. The fourth-order valence-corrected chi connectivity index (χ4v) is 4.21. The molecule has 0 aliphatic carbocycles. The van der Waals surface area contributed by atoms with E-state index in [4.69, 9.17) is 11.6 Å². The summed E-state index contributed by atoms with van der Waals surface area (Å²) in [5, 5.41) is -0.241. The van der Waals surface area contributed by atoms with Gasteiger partial charge in [0.15, 0.2) is 0 Å². The van der Waals surface area contributed by atoms with Crippen LogP contribution in [-0.4, -0.2) is 18.0 Å². The summed E-state index contributed by atoms with van der Waals surface area (Å²) in [5.74, 6) is -0.691. The minimum Gasteiger partial charge on any atom is -0.336 e. The van der Waals surface area contributed by atoms with Gasteiger partial charge in [-0.25, -0.2) is 22.2 Å². The molecule has 0 fully saturated rings. The number of halogens is 3. The minimum atomic E-state index is -4.10. The van der Waals surface area contributed by atoms with Crippen LogP contribution in [-0.2, 0) is 17.1 Å². The topological polar surface area (TPSA) is 64.0 Å². The fraction of sp³-hybridized carbons (Fsp3) is 0.118. The van der Waals surface area contributed by atoms with Gasteiger partial charge in [0.25, 0.3) is 0 Å². The number of nitrogens with zero attached hydrogens (tertiary/aromatic N) is 2.